The topological polar surface area (TPSA) is 85.2 Å². The lowest BCUT2D eigenvalue weighted by Gasteiger charge is -2.43. The number of nitrogens with one attached hydrogen (secondary N) is 1. The molecule has 8 nitrogen and oxygen atoms in total. The molecule has 1 aliphatic heterocycles. The van der Waals surface area contributed by atoms with Crippen LogP contribution >= 0.6 is 0 Å². The second-order valence-corrected chi connectivity index (χ2v) is 13.2. The maximum Gasteiger partial charge on any atom is 0.328 e. The molecule has 4 aliphatic rings. The highest BCUT2D eigenvalue weighted by molar-refractivity contribution is 5.86. The smallest absolute Gasteiger partial charge is 0.328 e. The number of aromatic nitrogens is 4. The number of piperidine rings is 1. The summed E-state index contributed by atoms with van der Waals surface area (Å²) in [6.45, 7) is 7.08. The number of carbonyl (C=O) groups excluding carboxylic acids is 1. The molecule has 0 amide bonds. The Morgan fingerprint density at radius 3 is 2.41 bits per heavy atom. The van der Waals surface area contributed by atoms with Gasteiger partial charge < -0.3 is 19.5 Å². The van der Waals surface area contributed by atoms with Gasteiger partial charge in [0.1, 0.15) is 5.52 Å². The van der Waals surface area contributed by atoms with Crippen molar-refractivity contribution < 1.29 is 9.53 Å². The van der Waals surface area contributed by atoms with Gasteiger partial charge in [-0.3, -0.25) is 4.79 Å². The average Bonchev–Trinajstić information content (AvgIpc) is 3.28. The Hall–Kier alpha value is -2.38. The van der Waals surface area contributed by atoms with Crippen LogP contribution in [-0.4, -0.2) is 44.6 Å². The first kappa shape index (κ1) is 26.8. The van der Waals surface area contributed by atoms with Crippen LogP contribution in [0.2, 0.25) is 0 Å². The van der Waals surface area contributed by atoms with Crippen LogP contribution < -0.4 is 15.0 Å². The van der Waals surface area contributed by atoms with Gasteiger partial charge >= 0.3 is 12.5 Å². The summed E-state index contributed by atoms with van der Waals surface area (Å²) in [5, 5.41) is 3.73. The van der Waals surface area contributed by atoms with Crippen molar-refractivity contribution in [2.24, 2.45) is 23.7 Å². The van der Waals surface area contributed by atoms with Crippen molar-refractivity contribution in [3.8, 4) is 6.01 Å². The van der Waals surface area contributed by atoms with Gasteiger partial charge in [-0.2, -0.15) is 15.0 Å². The van der Waals surface area contributed by atoms with Crippen LogP contribution in [-0.2, 0) is 11.3 Å². The number of hydrogen-bond donors (Lipinski definition) is 1. The van der Waals surface area contributed by atoms with Gasteiger partial charge in [-0.1, -0.05) is 45.4 Å². The Bertz CT molecular complexity index is 1120. The van der Waals surface area contributed by atoms with Crippen LogP contribution in [0.15, 0.2) is 0 Å². The first-order chi connectivity index (χ1) is 19.1. The SMILES string of the molecule is C[C@@H](Nc1nc(OC=O)nc2nc(N3CCCCC3C3CCCCC3)n(C[C@H]3CC[C@H](C)CC3)c12)C1CCC1. The highest BCUT2D eigenvalue weighted by Crippen LogP contribution is 2.40. The van der Waals surface area contributed by atoms with E-state index in [2.05, 4.69) is 33.6 Å². The van der Waals surface area contributed by atoms with E-state index in [0.29, 0.717) is 36.0 Å². The normalized spacial score (nSPS) is 27.7. The molecule has 2 aromatic rings. The fraction of sp³-hybridized carbons (Fsp3) is 0.806. The first-order valence-corrected chi connectivity index (χ1v) is 16.0. The number of nitrogens with zero attached hydrogens (tertiary/aromatic N) is 5. The molecule has 2 atom stereocenters. The summed E-state index contributed by atoms with van der Waals surface area (Å²) >= 11 is 0. The molecular weight excluding hydrogens is 488 g/mol. The van der Waals surface area contributed by atoms with E-state index in [1.54, 1.807) is 0 Å². The van der Waals surface area contributed by atoms with E-state index in [1.807, 2.05) is 0 Å². The first-order valence-electron chi connectivity index (χ1n) is 16.0. The monoisotopic (exact) mass is 536 g/mol. The third kappa shape index (κ3) is 5.76. The van der Waals surface area contributed by atoms with Crippen molar-refractivity contribution in [1.82, 2.24) is 19.5 Å². The highest BCUT2D eigenvalue weighted by atomic mass is 16.5. The molecule has 3 heterocycles. The molecular formula is C31H48N6O2. The number of hydrogen-bond acceptors (Lipinski definition) is 7. The van der Waals surface area contributed by atoms with Gasteiger partial charge in [0.05, 0.1) is 0 Å². The van der Waals surface area contributed by atoms with E-state index < -0.39 is 0 Å². The zero-order valence-corrected chi connectivity index (χ0v) is 24.1. The second-order valence-electron chi connectivity index (χ2n) is 13.2. The third-order valence-electron chi connectivity index (χ3n) is 10.5. The van der Waals surface area contributed by atoms with Crippen LogP contribution in [0.25, 0.3) is 11.2 Å². The maximum atomic E-state index is 11.3. The minimum absolute atomic E-state index is 0.0889. The summed E-state index contributed by atoms with van der Waals surface area (Å²) in [4.78, 5) is 28.6. The molecule has 1 saturated heterocycles. The van der Waals surface area contributed by atoms with Gasteiger partial charge in [0, 0.05) is 25.2 Å². The molecule has 0 spiro atoms. The molecule has 1 N–H and O–H groups in total. The van der Waals surface area contributed by atoms with Crippen LogP contribution in [0.1, 0.15) is 110 Å². The highest BCUT2D eigenvalue weighted by Gasteiger charge is 2.35. The summed E-state index contributed by atoms with van der Waals surface area (Å²) < 4.78 is 7.67. The van der Waals surface area contributed by atoms with Gasteiger partial charge in [0.2, 0.25) is 5.95 Å². The molecule has 8 heteroatoms. The molecule has 3 saturated carbocycles. The lowest BCUT2D eigenvalue weighted by atomic mass is 9.80. The number of ether oxygens (including phenoxy) is 1. The molecule has 3 aliphatic carbocycles. The minimum atomic E-state index is 0.0889. The largest absolute Gasteiger partial charge is 0.393 e. The Morgan fingerprint density at radius 1 is 0.923 bits per heavy atom. The molecule has 4 fully saturated rings. The zero-order chi connectivity index (χ0) is 26.8. The molecule has 1 unspecified atom stereocenters. The standard InChI is InChI=1S/C31H48N6O2/c1-21-14-16-23(17-15-21)19-37-27-28(32-22(2)24-11-8-12-24)33-30(39-20-38)34-29(27)35-31(37)36-18-7-6-13-26(36)25-9-4-3-5-10-25/h20-26H,3-19H2,1-2H3,(H,32,33,34)/t21-,22-,23-,26?/m1/s1. The van der Waals surface area contributed by atoms with Crippen LogP contribution in [0.4, 0.5) is 11.8 Å². The minimum Gasteiger partial charge on any atom is -0.393 e. The number of imidazole rings is 1. The zero-order valence-electron chi connectivity index (χ0n) is 24.1. The van der Waals surface area contributed by atoms with Gasteiger partial charge in [-0.05, 0) is 88.4 Å². The van der Waals surface area contributed by atoms with Crippen LogP contribution in [0, 0.1) is 23.7 Å². The number of rotatable bonds is 9. The molecule has 39 heavy (non-hydrogen) atoms. The fourth-order valence-corrected chi connectivity index (χ4v) is 7.85. The van der Waals surface area contributed by atoms with E-state index in [4.69, 9.17) is 14.7 Å². The van der Waals surface area contributed by atoms with Crippen molar-refractivity contribution in [2.45, 2.75) is 129 Å². The van der Waals surface area contributed by atoms with Gasteiger partial charge in [0.15, 0.2) is 11.5 Å². The Kier molecular flexibility index (Phi) is 8.26. The lowest BCUT2D eigenvalue weighted by Crippen LogP contribution is -2.46. The quantitative estimate of drug-likeness (QED) is 0.356. The lowest BCUT2D eigenvalue weighted by molar-refractivity contribution is -0.121. The van der Waals surface area contributed by atoms with Crippen molar-refractivity contribution in [2.75, 3.05) is 16.8 Å². The third-order valence-corrected chi connectivity index (χ3v) is 10.5. The van der Waals surface area contributed by atoms with Gasteiger partial charge in [0.25, 0.3) is 0 Å². The molecule has 6 rings (SSSR count). The maximum absolute atomic E-state index is 11.3. The second kappa shape index (κ2) is 12.0. The van der Waals surface area contributed by atoms with Crippen molar-refractivity contribution in [1.29, 1.82) is 0 Å². The predicted octanol–water partition coefficient (Wildman–Crippen LogP) is 6.73. The number of anilines is 2. The summed E-state index contributed by atoms with van der Waals surface area (Å²) in [6, 6.07) is 0.934. The number of fused-ring (bicyclic) bond motifs is 1. The van der Waals surface area contributed by atoms with Gasteiger partial charge in [-0.15, -0.1) is 0 Å². The summed E-state index contributed by atoms with van der Waals surface area (Å²) in [7, 11) is 0. The molecule has 0 aromatic carbocycles. The van der Waals surface area contributed by atoms with Crippen LogP contribution in [0.3, 0.4) is 0 Å². The summed E-state index contributed by atoms with van der Waals surface area (Å²) in [5.41, 5.74) is 1.64. The predicted molar refractivity (Wildman–Crippen MR) is 155 cm³/mol. The molecule has 0 bridgehead atoms. The Balaban J connectivity index is 1.43. The van der Waals surface area contributed by atoms with E-state index in [1.165, 1.54) is 96.3 Å². The fourth-order valence-electron chi connectivity index (χ4n) is 7.85. The molecule has 2 aromatic heterocycles. The van der Waals surface area contributed by atoms with E-state index >= 15 is 0 Å². The summed E-state index contributed by atoms with van der Waals surface area (Å²) in [6.07, 6.45) is 19.5. The average molecular weight is 537 g/mol. The van der Waals surface area contributed by atoms with E-state index in [9.17, 15) is 4.79 Å². The molecule has 214 valence electrons. The van der Waals surface area contributed by atoms with Crippen molar-refractivity contribution in [3.05, 3.63) is 0 Å². The van der Waals surface area contributed by atoms with E-state index in [0.717, 1.165) is 42.2 Å². The van der Waals surface area contributed by atoms with Crippen LogP contribution in [0.5, 0.6) is 6.01 Å². The van der Waals surface area contributed by atoms with Crippen molar-refractivity contribution in [3.63, 3.8) is 0 Å². The van der Waals surface area contributed by atoms with E-state index in [-0.39, 0.29) is 6.01 Å². The summed E-state index contributed by atoms with van der Waals surface area (Å²) in [5.74, 6) is 4.70. The van der Waals surface area contributed by atoms with Gasteiger partial charge in [-0.25, -0.2) is 0 Å². The Morgan fingerprint density at radius 2 is 1.69 bits per heavy atom. The Labute approximate surface area is 233 Å². The molecule has 0 radical (unpaired) electrons. The number of carbonyl (C=O) groups is 1. The van der Waals surface area contributed by atoms with Crippen molar-refractivity contribution >= 4 is 29.4 Å².